The van der Waals surface area contributed by atoms with Gasteiger partial charge in [-0.05, 0) is 23.8 Å². The van der Waals surface area contributed by atoms with Crippen LogP contribution in [0, 0.1) is 0 Å². The molecule has 0 aromatic rings. The van der Waals surface area contributed by atoms with E-state index < -0.39 is 0 Å². The summed E-state index contributed by atoms with van der Waals surface area (Å²) in [5.41, 5.74) is 7.83. The van der Waals surface area contributed by atoms with Gasteiger partial charge >= 0.3 is 0 Å². The number of aromatic nitrogens is 1. The first-order valence-corrected chi connectivity index (χ1v) is 3.19. The van der Waals surface area contributed by atoms with Crippen molar-refractivity contribution in [1.82, 2.24) is 4.98 Å². The maximum Gasteiger partial charge on any atom is 0.100 e. The summed E-state index contributed by atoms with van der Waals surface area (Å²) in [5, 5.41) is 0. The molecule has 2 nitrogen and oxygen atoms in total. The number of rotatable bonds is 0. The maximum absolute atomic E-state index is 5.53. The number of hydrogen-bond donors (Lipinski definition) is 2. The Morgan fingerprint density at radius 3 is 2.90 bits per heavy atom. The van der Waals surface area contributed by atoms with Crippen molar-refractivity contribution in [2.24, 2.45) is 0 Å². The summed E-state index contributed by atoms with van der Waals surface area (Å²) >= 11 is 0. The van der Waals surface area contributed by atoms with E-state index >= 15 is 0 Å². The summed E-state index contributed by atoms with van der Waals surface area (Å²) in [4.78, 5) is 3.05. The van der Waals surface area contributed by atoms with Crippen molar-refractivity contribution in [1.29, 1.82) is 0 Å². The Labute approximate surface area is 59.0 Å². The molecule has 0 saturated heterocycles. The number of anilines is 1. The van der Waals surface area contributed by atoms with Gasteiger partial charge in [0, 0.05) is 5.69 Å². The normalized spacial score (nSPS) is 10.4. The van der Waals surface area contributed by atoms with Gasteiger partial charge in [-0.2, -0.15) is 0 Å². The number of nitrogens with one attached hydrogen (secondary N) is 1. The highest BCUT2D eigenvalue weighted by Crippen LogP contribution is 2.20. The summed E-state index contributed by atoms with van der Waals surface area (Å²) in [7, 11) is 0. The Morgan fingerprint density at radius 1 is 1.10 bits per heavy atom. The summed E-state index contributed by atoms with van der Waals surface area (Å²) < 4.78 is 0. The summed E-state index contributed by atoms with van der Waals surface area (Å²) in [6.07, 6.45) is 0. The van der Waals surface area contributed by atoms with Gasteiger partial charge in [0.1, 0.15) is 5.82 Å². The van der Waals surface area contributed by atoms with Crippen molar-refractivity contribution < 1.29 is 0 Å². The fraction of sp³-hybridized carbons (Fsp3) is 0. The Bertz CT molecular complexity index is 311. The first-order valence-electron chi connectivity index (χ1n) is 3.19. The van der Waals surface area contributed by atoms with E-state index in [-0.39, 0.29) is 0 Å². The Hall–Kier alpha value is -1.44. The summed E-state index contributed by atoms with van der Waals surface area (Å²) in [6.45, 7) is 0. The molecule has 2 heteroatoms. The minimum absolute atomic E-state index is 0.707. The molecule has 0 radical (unpaired) electrons. The van der Waals surface area contributed by atoms with Crippen LogP contribution in [0.25, 0.3) is 11.3 Å². The number of H-pyrrole nitrogens is 1. The molecule has 0 unspecified atom stereocenters. The van der Waals surface area contributed by atoms with Crippen LogP contribution in [0.15, 0.2) is 30.3 Å². The van der Waals surface area contributed by atoms with Crippen molar-refractivity contribution in [2.75, 3.05) is 5.73 Å². The lowest BCUT2D eigenvalue weighted by atomic mass is 10.2. The average Bonchev–Trinajstić information content (AvgIpc) is 2.33. The van der Waals surface area contributed by atoms with Gasteiger partial charge < -0.3 is 10.7 Å². The van der Waals surface area contributed by atoms with E-state index in [9.17, 15) is 0 Å². The SMILES string of the molecule is Nc1ccc2cccc-2[nH]1. The van der Waals surface area contributed by atoms with Crippen LogP contribution in [0.1, 0.15) is 0 Å². The summed E-state index contributed by atoms with van der Waals surface area (Å²) in [5.74, 6) is 0.707. The second-order valence-corrected chi connectivity index (χ2v) is 2.31. The van der Waals surface area contributed by atoms with E-state index in [0.717, 1.165) is 5.69 Å². The minimum Gasteiger partial charge on any atom is -0.385 e. The molecule has 1 aliphatic heterocycles. The third-order valence-electron chi connectivity index (χ3n) is 1.57. The van der Waals surface area contributed by atoms with E-state index in [1.807, 2.05) is 30.3 Å². The van der Waals surface area contributed by atoms with Crippen molar-refractivity contribution in [3.8, 4) is 11.3 Å². The molecule has 1 aliphatic carbocycles. The zero-order chi connectivity index (χ0) is 6.97. The number of nitrogen functional groups attached to an aromatic ring is 1. The van der Waals surface area contributed by atoms with Crippen LogP contribution in [0.3, 0.4) is 0 Å². The van der Waals surface area contributed by atoms with Gasteiger partial charge in [-0.15, -0.1) is 0 Å². The second-order valence-electron chi connectivity index (χ2n) is 2.31. The Balaban J connectivity index is 2.75. The molecular formula is C8H8N2. The lowest BCUT2D eigenvalue weighted by Gasteiger charge is -1.99. The lowest BCUT2D eigenvalue weighted by molar-refractivity contribution is 1.35. The molecule has 50 valence electrons. The van der Waals surface area contributed by atoms with Crippen LogP contribution >= 0.6 is 0 Å². The third-order valence-corrected chi connectivity index (χ3v) is 1.57. The molecule has 0 saturated carbocycles. The molecule has 2 aliphatic rings. The quantitative estimate of drug-likeness (QED) is 0.562. The van der Waals surface area contributed by atoms with Gasteiger partial charge in [0.2, 0.25) is 0 Å². The highest BCUT2D eigenvalue weighted by Gasteiger charge is 1.98. The van der Waals surface area contributed by atoms with Crippen LogP contribution in [-0.2, 0) is 0 Å². The number of pyridine rings is 1. The highest BCUT2D eigenvalue weighted by molar-refractivity contribution is 5.64. The topological polar surface area (TPSA) is 41.8 Å². The molecule has 0 atom stereocenters. The molecule has 0 aromatic heterocycles. The van der Waals surface area contributed by atoms with E-state index in [2.05, 4.69) is 4.98 Å². The van der Waals surface area contributed by atoms with Crippen molar-refractivity contribution in [3.05, 3.63) is 30.3 Å². The van der Waals surface area contributed by atoms with Gasteiger partial charge in [0.25, 0.3) is 0 Å². The van der Waals surface area contributed by atoms with Crippen LogP contribution in [0.4, 0.5) is 5.82 Å². The largest absolute Gasteiger partial charge is 0.385 e. The second kappa shape index (κ2) is 1.77. The Kier molecular flexibility index (Phi) is 0.947. The van der Waals surface area contributed by atoms with E-state index in [4.69, 9.17) is 5.73 Å². The molecule has 0 spiro atoms. The predicted molar refractivity (Wildman–Crippen MR) is 41.8 cm³/mol. The van der Waals surface area contributed by atoms with Crippen molar-refractivity contribution in [3.63, 3.8) is 0 Å². The fourth-order valence-electron chi connectivity index (χ4n) is 1.07. The number of aromatic amines is 1. The third kappa shape index (κ3) is 0.658. The van der Waals surface area contributed by atoms with Crippen LogP contribution in [0.2, 0.25) is 0 Å². The van der Waals surface area contributed by atoms with E-state index in [0.29, 0.717) is 5.82 Å². The highest BCUT2D eigenvalue weighted by atomic mass is 14.8. The average molecular weight is 132 g/mol. The van der Waals surface area contributed by atoms with E-state index in [1.54, 1.807) is 0 Å². The molecule has 0 amide bonds. The van der Waals surface area contributed by atoms with Crippen LogP contribution < -0.4 is 5.73 Å². The first-order chi connectivity index (χ1) is 4.86. The molecule has 0 fully saturated rings. The van der Waals surface area contributed by atoms with Gasteiger partial charge in [-0.3, -0.25) is 0 Å². The number of fused-ring (bicyclic) bond motifs is 1. The molecule has 3 N–H and O–H groups in total. The van der Waals surface area contributed by atoms with Gasteiger partial charge in [0.15, 0.2) is 0 Å². The lowest BCUT2D eigenvalue weighted by Crippen LogP contribution is -1.90. The van der Waals surface area contributed by atoms with Crippen LogP contribution in [0.5, 0.6) is 0 Å². The molecular weight excluding hydrogens is 124 g/mol. The molecule has 0 bridgehead atoms. The summed E-state index contributed by atoms with van der Waals surface area (Å²) in [6, 6.07) is 9.92. The predicted octanol–water partition coefficient (Wildman–Crippen LogP) is 1.70. The fourth-order valence-corrected chi connectivity index (χ4v) is 1.07. The van der Waals surface area contributed by atoms with Crippen molar-refractivity contribution in [2.45, 2.75) is 0 Å². The molecule has 1 heterocycles. The van der Waals surface area contributed by atoms with Crippen LogP contribution in [-0.4, -0.2) is 4.98 Å². The first kappa shape index (κ1) is 5.35. The number of nitrogens with two attached hydrogens (primary N) is 1. The van der Waals surface area contributed by atoms with Crippen molar-refractivity contribution >= 4 is 5.82 Å². The molecule has 0 aromatic carbocycles. The molecule has 2 rings (SSSR count). The zero-order valence-corrected chi connectivity index (χ0v) is 5.46. The maximum atomic E-state index is 5.53. The number of hydrogen-bond acceptors (Lipinski definition) is 1. The van der Waals surface area contributed by atoms with Gasteiger partial charge in [0.05, 0.1) is 0 Å². The smallest absolute Gasteiger partial charge is 0.100 e. The zero-order valence-electron chi connectivity index (χ0n) is 5.46. The Morgan fingerprint density at radius 2 is 2.00 bits per heavy atom. The van der Waals surface area contributed by atoms with Gasteiger partial charge in [-0.1, -0.05) is 12.1 Å². The standard InChI is InChI=1S/C8H8N2/c9-8-5-4-6-2-1-3-7(6)10-8/h1-5,10H,9H2. The van der Waals surface area contributed by atoms with Gasteiger partial charge in [-0.25, -0.2) is 0 Å². The molecule has 10 heavy (non-hydrogen) atoms. The monoisotopic (exact) mass is 132 g/mol. The minimum atomic E-state index is 0.707. The van der Waals surface area contributed by atoms with E-state index in [1.165, 1.54) is 5.56 Å².